The summed E-state index contributed by atoms with van der Waals surface area (Å²) in [5, 5.41) is 22.3. The number of aromatic nitrogens is 1. The van der Waals surface area contributed by atoms with E-state index >= 15 is 0 Å². The summed E-state index contributed by atoms with van der Waals surface area (Å²) in [6.45, 7) is 7.06. The smallest absolute Gasteiger partial charge is 0.326 e. The number of carbonyl (C=O) groups excluding carboxylic acids is 4. The second kappa shape index (κ2) is 19.2. The molecule has 0 bridgehead atoms. The highest BCUT2D eigenvalue weighted by Crippen LogP contribution is 2.37. The van der Waals surface area contributed by atoms with Crippen LogP contribution in [0.5, 0.6) is 5.75 Å². The van der Waals surface area contributed by atoms with Gasteiger partial charge in [-0.15, -0.1) is 0 Å². The lowest BCUT2D eigenvalue weighted by Gasteiger charge is -2.37. The van der Waals surface area contributed by atoms with Gasteiger partial charge in [-0.1, -0.05) is 121 Å². The van der Waals surface area contributed by atoms with Crippen LogP contribution in [0, 0.1) is 0 Å². The van der Waals surface area contributed by atoms with Crippen LogP contribution in [0.3, 0.4) is 0 Å². The molecule has 0 saturated heterocycles. The van der Waals surface area contributed by atoms with Crippen molar-refractivity contribution in [1.82, 2.24) is 26.3 Å². The molecule has 0 unspecified atom stereocenters. The van der Waals surface area contributed by atoms with E-state index in [1.165, 1.54) is 6.92 Å². The Labute approximate surface area is 355 Å². The van der Waals surface area contributed by atoms with E-state index < -0.39 is 65.3 Å². The van der Waals surface area contributed by atoms with E-state index in [-0.39, 0.29) is 12.8 Å². The topological polar surface area (TPSA) is 179 Å². The average molecular weight is 822 g/mol. The molecule has 0 aliphatic carbocycles. The zero-order valence-electron chi connectivity index (χ0n) is 34.6. The van der Waals surface area contributed by atoms with Crippen LogP contribution in [0.1, 0.15) is 61.9 Å². The number of aromatic amines is 1. The third kappa shape index (κ3) is 11.1. The Morgan fingerprint density at radius 3 is 1.66 bits per heavy atom. The van der Waals surface area contributed by atoms with Gasteiger partial charge < -0.3 is 36.1 Å². The second-order valence-corrected chi connectivity index (χ2v) is 15.9. The zero-order chi connectivity index (χ0) is 43.6. The second-order valence-electron chi connectivity index (χ2n) is 15.9. The molecule has 3 atom stereocenters. The predicted molar refractivity (Wildman–Crippen MR) is 234 cm³/mol. The maximum absolute atomic E-state index is 14.6. The number of rotatable bonds is 17. The van der Waals surface area contributed by atoms with Crippen molar-refractivity contribution in [3.63, 3.8) is 0 Å². The van der Waals surface area contributed by atoms with E-state index in [4.69, 9.17) is 4.74 Å². The first-order valence-electron chi connectivity index (χ1n) is 20.1. The number of para-hydroxylation sites is 1. The van der Waals surface area contributed by atoms with Crippen LogP contribution in [-0.2, 0) is 42.4 Å². The SMILES string of the molecule is CC(=O)N[C@H](Cc1ccc(OC(C)(C)C)cc1)C(=O)N[C@@H](CC(=O)NC(c1ccccc1)(c1ccccc1)c1ccccc1)C(=O)N[C@@H](Cc1c[nH]c2ccccc12)C(=O)O. The summed E-state index contributed by atoms with van der Waals surface area (Å²) >= 11 is 0. The van der Waals surface area contributed by atoms with E-state index in [1.54, 1.807) is 30.5 Å². The Balaban J connectivity index is 1.33. The summed E-state index contributed by atoms with van der Waals surface area (Å²) in [5.41, 5.74) is 2.68. The quantitative estimate of drug-likeness (QED) is 0.0595. The highest BCUT2D eigenvalue weighted by Gasteiger charge is 2.39. The van der Waals surface area contributed by atoms with Crippen molar-refractivity contribution in [1.29, 1.82) is 0 Å². The average Bonchev–Trinajstić information content (AvgIpc) is 3.65. The fourth-order valence-electron chi connectivity index (χ4n) is 7.44. The molecular weight excluding hydrogens is 771 g/mol. The molecule has 1 aromatic heterocycles. The largest absolute Gasteiger partial charge is 0.488 e. The van der Waals surface area contributed by atoms with Crippen molar-refractivity contribution in [2.75, 3.05) is 0 Å². The molecule has 6 aromatic rings. The van der Waals surface area contributed by atoms with Crippen molar-refractivity contribution < 1.29 is 33.8 Å². The molecule has 0 aliphatic rings. The van der Waals surface area contributed by atoms with Crippen molar-refractivity contribution in [2.24, 2.45) is 0 Å². The molecule has 314 valence electrons. The van der Waals surface area contributed by atoms with Crippen molar-refractivity contribution in [2.45, 2.75) is 76.2 Å². The summed E-state index contributed by atoms with van der Waals surface area (Å²) < 4.78 is 5.94. The first kappa shape index (κ1) is 43.4. The number of hydrogen-bond acceptors (Lipinski definition) is 6. The van der Waals surface area contributed by atoms with E-state index in [9.17, 15) is 29.1 Å². The predicted octanol–water partition coefficient (Wildman–Crippen LogP) is 6.19. The number of fused-ring (bicyclic) bond motifs is 1. The van der Waals surface area contributed by atoms with E-state index in [1.807, 2.05) is 136 Å². The summed E-state index contributed by atoms with van der Waals surface area (Å²) in [6, 6.07) is 38.5. The lowest BCUT2D eigenvalue weighted by Crippen LogP contribution is -2.58. The Bertz CT molecular complexity index is 2350. The van der Waals surface area contributed by atoms with Crippen molar-refractivity contribution >= 4 is 40.5 Å². The summed E-state index contributed by atoms with van der Waals surface area (Å²) in [6.07, 6.45) is 1.06. The van der Waals surface area contributed by atoms with Crippen LogP contribution in [0.2, 0.25) is 0 Å². The van der Waals surface area contributed by atoms with Gasteiger partial charge in [0.2, 0.25) is 23.6 Å². The number of nitrogens with one attached hydrogen (secondary N) is 5. The van der Waals surface area contributed by atoms with Gasteiger partial charge in [0.25, 0.3) is 0 Å². The number of benzene rings is 5. The minimum Gasteiger partial charge on any atom is -0.488 e. The molecule has 0 fully saturated rings. The third-order valence-electron chi connectivity index (χ3n) is 10.2. The number of amides is 4. The molecule has 0 aliphatic heterocycles. The molecule has 4 amide bonds. The van der Waals surface area contributed by atoms with Gasteiger partial charge in [0, 0.05) is 36.9 Å². The minimum atomic E-state index is -1.57. The summed E-state index contributed by atoms with van der Waals surface area (Å²) in [7, 11) is 0. The fraction of sp³-hybridized carbons (Fsp3) is 0.245. The van der Waals surface area contributed by atoms with Crippen LogP contribution >= 0.6 is 0 Å². The molecule has 6 rings (SSSR count). The molecule has 0 radical (unpaired) electrons. The van der Waals surface area contributed by atoms with E-state index in [0.717, 1.165) is 27.6 Å². The zero-order valence-corrected chi connectivity index (χ0v) is 34.6. The van der Waals surface area contributed by atoms with Gasteiger partial charge in [-0.25, -0.2) is 4.79 Å². The lowest BCUT2D eigenvalue weighted by molar-refractivity contribution is -0.142. The highest BCUT2D eigenvalue weighted by molar-refractivity contribution is 5.96. The van der Waals surface area contributed by atoms with Crippen LogP contribution < -0.4 is 26.0 Å². The van der Waals surface area contributed by atoms with Crippen LogP contribution in [0.4, 0.5) is 0 Å². The van der Waals surface area contributed by atoms with Gasteiger partial charge >= 0.3 is 5.97 Å². The Morgan fingerprint density at radius 2 is 1.13 bits per heavy atom. The normalized spacial score (nSPS) is 13.0. The van der Waals surface area contributed by atoms with Gasteiger partial charge in [-0.3, -0.25) is 19.2 Å². The molecule has 12 nitrogen and oxygen atoms in total. The molecule has 6 N–H and O–H groups in total. The number of carboxylic acid groups (broad SMARTS) is 1. The first-order chi connectivity index (χ1) is 29.2. The minimum absolute atomic E-state index is 0.0409. The number of hydrogen-bond donors (Lipinski definition) is 6. The number of aliphatic carboxylic acids is 1. The van der Waals surface area contributed by atoms with Gasteiger partial charge in [0.1, 0.15) is 35.0 Å². The van der Waals surface area contributed by atoms with Gasteiger partial charge in [0.15, 0.2) is 0 Å². The van der Waals surface area contributed by atoms with Crippen LogP contribution in [0.25, 0.3) is 10.9 Å². The Kier molecular flexibility index (Phi) is 13.7. The molecular formula is C49H51N5O7. The maximum atomic E-state index is 14.6. The number of carbonyl (C=O) groups is 5. The van der Waals surface area contributed by atoms with Gasteiger partial charge in [-0.05, 0) is 66.8 Å². The van der Waals surface area contributed by atoms with Gasteiger partial charge in [0.05, 0.1) is 6.42 Å². The van der Waals surface area contributed by atoms with Crippen LogP contribution in [0.15, 0.2) is 146 Å². The fourth-order valence-corrected chi connectivity index (χ4v) is 7.44. The summed E-state index contributed by atoms with van der Waals surface area (Å²) in [5.74, 6) is -3.44. The van der Waals surface area contributed by atoms with E-state index in [2.05, 4.69) is 26.3 Å². The number of H-pyrrole nitrogens is 1. The maximum Gasteiger partial charge on any atom is 0.326 e. The van der Waals surface area contributed by atoms with Crippen molar-refractivity contribution in [3.05, 3.63) is 174 Å². The lowest BCUT2D eigenvalue weighted by atomic mass is 9.77. The van der Waals surface area contributed by atoms with Crippen LogP contribution in [-0.4, -0.2) is 63.4 Å². The highest BCUT2D eigenvalue weighted by atomic mass is 16.5. The number of carboxylic acids is 1. The molecule has 5 aromatic carbocycles. The Hall–Kier alpha value is -7.21. The molecule has 61 heavy (non-hydrogen) atoms. The summed E-state index contributed by atoms with van der Waals surface area (Å²) in [4.78, 5) is 71.5. The third-order valence-corrected chi connectivity index (χ3v) is 10.2. The van der Waals surface area contributed by atoms with E-state index in [0.29, 0.717) is 16.9 Å². The Morgan fingerprint density at radius 1 is 0.623 bits per heavy atom. The molecule has 1 heterocycles. The standard InChI is InChI=1S/C49H51N5O7/c1-32(55)51-41(28-33-24-26-38(27-25-33)61-48(2,3)4)45(57)52-42(46(58)53-43(47(59)60)29-34-31-50-40-23-15-14-22-39(34)40)30-44(56)54-49(35-16-8-5-9-17-35,36-18-10-6-11-19-36)37-20-12-7-13-21-37/h5-27,31,41-43,50H,28-30H2,1-4H3,(H,51,55)(H,52,57)(H,53,58)(H,54,56)(H,59,60)/t41-,42+,43+/m1/s1. The molecule has 0 saturated carbocycles. The molecule has 0 spiro atoms. The molecule has 12 heteroatoms. The number of ether oxygens (including phenoxy) is 1. The monoisotopic (exact) mass is 821 g/mol. The van der Waals surface area contributed by atoms with Crippen molar-refractivity contribution in [3.8, 4) is 5.75 Å². The van der Waals surface area contributed by atoms with Gasteiger partial charge in [-0.2, -0.15) is 0 Å². The first-order valence-corrected chi connectivity index (χ1v) is 20.1.